The van der Waals surface area contributed by atoms with Crippen LogP contribution < -0.4 is 9.50 Å². The number of nitrogens with zero attached hydrogens (tertiary/aromatic N) is 1. The van der Waals surface area contributed by atoms with Gasteiger partial charge in [0.25, 0.3) is 0 Å². The SMILES string of the molecule is O=C1CC(c2ccccc2)N(Cc2ccc(OS(=O)(=O)F)cc2)CCN1. The third-order valence-electron chi connectivity index (χ3n) is 4.23. The average molecular weight is 378 g/mol. The lowest BCUT2D eigenvalue weighted by Crippen LogP contribution is -2.30. The van der Waals surface area contributed by atoms with Crippen LogP contribution in [0.5, 0.6) is 5.75 Å². The van der Waals surface area contributed by atoms with E-state index in [9.17, 15) is 17.1 Å². The molecule has 1 amide bonds. The van der Waals surface area contributed by atoms with Gasteiger partial charge in [-0.05, 0) is 23.3 Å². The molecule has 1 heterocycles. The maximum absolute atomic E-state index is 12.6. The number of amides is 1. The van der Waals surface area contributed by atoms with Gasteiger partial charge in [0.2, 0.25) is 5.91 Å². The molecule has 1 unspecified atom stereocenters. The zero-order valence-electron chi connectivity index (χ0n) is 14.0. The van der Waals surface area contributed by atoms with Gasteiger partial charge < -0.3 is 9.50 Å². The van der Waals surface area contributed by atoms with E-state index < -0.39 is 10.5 Å². The molecule has 1 atom stereocenters. The van der Waals surface area contributed by atoms with Gasteiger partial charge in [-0.2, -0.15) is 8.42 Å². The van der Waals surface area contributed by atoms with Crippen LogP contribution in [0.2, 0.25) is 0 Å². The molecule has 0 aliphatic carbocycles. The second-order valence-corrected chi connectivity index (χ2v) is 7.02. The van der Waals surface area contributed by atoms with Crippen molar-refractivity contribution in [2.24, 2.45) is 0 Å². The normalized spacial score (nSPS) is 18.8. The minimum Gasteiger partial charge on any atom is -0.358 e. The van der Waals surface area contributed by atoms with Gasteiger partial charge in [-0.15, -0.1) is 0 Å². The first-order chi connectivity index (χ1) is 12.4. The van der Waals surface area contributed by atoms with Crippen molar-refractivity contribution in [1.82, 2.24) is 10.2 Å². The Morgan fingerprint density at radius 3 is 2.46 bits per heavy atom. The number of benzene rings is 2. The summed E-state index contributed by atoms with van der Waals surface area (Å²) in [4.78, 5) is 14.2. The van der Waals surface area contributed by atoms with Crippen molar-refractivity contribution in [1.29, 1.82) is 0 Å². The molecule has 0 saturated carbocycles. The Hall–Kier alpha value is -2.45. The Labute approximate surface area is 152 Å². The van der Waals surface area contributed by atoms with Crippen molar-refractivity contribution < 1.29 is 21.3 Å². The lowest BCUT2D eigenvalue weighted by atomic mass is 10.0. The zero-order chi connectivity index (χ0) is 18.6. The molecule has 0 spiro atoms. The molecule has 3 rings (SSSR count). The van der Waals surface area contributed by atoms with Crippen molar-refractivity contribution >= 4 is 16.4 Å². The number of halogens is 1. The van der Waals surface area contributed by atoms with E-state index in [1.165, 1.54) is 12.1 Å². The second-order valence-electron chi connectivity index (χ2n) is 6.07. The monoisotopic (exact) mass is 378 g/mol. The van der Waals surface area contributed by atoms with Crippen LogP contribution in [-0.2, 0) is 21.8 Å². The van der Waals surface area contributed by atoms with E-state index in [2.05, 4.69) is 14.4 Å². The van der Waals surface area contributed by atoms with E-state index in [1.807, 2.05) is 30.3 Å². The molecule has 0 radical (unpaired) electrons. The highest BCUT2D eigenvalue weighted by Gasteiger charge is 2.26. The summed E-state index contributed by atoms with van der Waals surface area (Å²) in [5.41, 5.74) is 1.97. The summed E-state index contributed by atoms with van der Waals surface area (Å²) in [7, 11) is -5.03. The van der Waals surface area contributed by atoms with Crippen molar-refractivity contribution in [2.75, 3.05) is 13.1 Å². The van der Waals surface area contributed by atoms with Crippen LogP contribution in [0, 0.1) is 0 Å². The second kappa shape index (κ2) is 7.84. The van der Waals surface area contributed by atoms with Gasteiger partial charge in [-0.1, -0.05) is 46.4 Å². The highest BCUT2D eigenvalue weighted by atomic mass is 32.3. The first-order valence-electron chi connectivity index (χ1n) is 8.19. The van der Waals surface area contributed by atoms with E-state index in [4.69, 9.17) is 0 Å². The molecule has 1 aliphatic rings. The third-order valence-corrected chi connectivity index (χ3v) is 4.62. The van der Waals surface area contributed by atoms with Gasteiger partial charge in [0.15, 0.2) is 0 Å². The lowest BCUT2D eigenvalue weighted by molar-refractivity contribution is -0.121. The van der Waals surface area contributed by atoms with Gasteiger partial charge in [0.1, 0.15) is 5.75 Å². The van der Waals surface area contributed by atoms with E-state index in [0.717, 1.165) is 11.1 Å². The summed E-state index contributed by atoms with van der Waals surface area (Å²) in [5, 5.41) is 2.89. The lowest BCUT2D eigenvalue weighted by Gasteiger charge is -2.29. The topological polar surface area (TPSA) is 75.7 Å². The Kier molecular flexibility index (Phi) is 5.53. The molecular formula is C18H19FN2O4S. The number of rotatable bonds is 5. The van der Waals surface area contributed by atoms with Crippen LogP contribution in [0.15, 0.2) is 54.6 Å². The molecule has 138 valence electrons. The molecule has 0 aromatic heterocycles. The van der Waals surface area contributed by atoms with Gasteiger partial charge in [0, 0.05) is 32.1 Å². The molecule has 26 heavy (non-hydrogen) atoms. The van der Waals surface area contributed by atoms with Gasteiger partial charge in [-0.25, -0.2) is 0 Å². The van der Waals surface area contributed by atoms with E-state index >= 15 is 0 Å². The number of hydrogen-bond donors (Lipinski definition) is 1. The maximum atomic E-state index is 12.6. The summed E-state index contributed by atoms with van der Waals surface area (Å²) >= 11 is 0. The van der Waals surface area contributed by atoms with Gasteiger partial charge in [0.05, 0.1) is 0 Å². The van der Waals surface area contributed by atoms with Crippen LogP contribution in [0.1, 0.15) is 23.6 Å². The van der Waals surface area contributed by atoms with E-state index in [0.29, 0.717) is 26.1 Å². The molecule has 6 nitrogen and oxygen atoms in total. The molecular weight excluding hydrogens is 359 g/mol. The fourth-order valence-corrected chi connectivity index (χ4v) is 3.41. The molecule has 8 heteroatoms. The molecule has 1 saturated heterocycles. The fourth-order valence-electron chi connectivity index (χ4n) is 3.06. The van der Waals surface area contributed by atoms with Gasteiger partial charge >= 0.3 is 10.5 Å². The Balaban J connectivity index is 1.78. The van der Waals surface area contributed by atoms with Crippen LogP contribution in [0.25, 0.3) is 0 Å². The molecule has 2 aromatic rings. The third kappa shape index (κ3) is 5.03. The smallest absolute Gasteiger partial charge is 0.358 e. The maximum Gasteiger partial charge on any atom is 0.488 e. The highest BCUT2D eigenvalue weighted by molar-refractivity contribution is 7.81. The number of hydrogen-bond acceptors (Lipinski definition) is 5. The van der Waals surface area contributed by atoms with Crippen molar-refractivity contribution in [2.45, 2.75) is 19.0 Å². The number of carbonyl (C=O) groups is 1. The first-order valence-corrected chi connectivity index (χ1v) is 9.50. The molecule has 1 aliphatic heterocycles. The molecule has 1 fully saturated rings. The quantitative estimate of drug-likeness (QED) is 0.809. The minimum absolute atomic E-state index is 0.0123. The van der Waals surface area contributed by atoms with Crippen molar-refractivity contribution in [3.63, 3.8) is 0 Å². The molecule has 2 aromatic carbocycles. The van der Waals surface area contributed by atoms with E-state index in [1.54, 1.807) is 12.1 Å². The Morgan fingerprint density at radius 2 is 1.81 bits per heavy atom. The largest absolute Gasteiger partial charge is 0.488 e. The highest BCUT2D eigenvalue weighted by Crippen LogP contribution is 2.27. The predicted molar refractivity (Wildman–Crippen MR) is 94.3 cm³/mol. The summed E-state index contributed by atoms with van der Waals surface area (Å²) in [5.74, 6) is -0.0678. The number of nitrogens with one attached hydrogen (secondary N) is 1. The fraction of sp³-hybridized carbons (Fsp3) is 0.278. The summed E-state index contributed by atoms with van der Waals surface area (Å²) in [6.45, 7) is 1.81. The standard InChI is InChI=1S/C18H19FN2O4S/c19-26(23,24)25-16-8-6-14(7-9-16)13-21-11-10-20-18(22)12-17(21)15-4-2-1-3-5-15/h1-9,17H,10-13H2,(H,20,22). The van der Waals surface area contributed by atoms with Crippen LogP contribution in [-0.4, -0.2) is 32.3 Å². The Morgan fingerprint density at radius 1 is 1.12 bits per heavy atom. The summed E-state index contributed by atoms with van der Waals surface area (Å²) in [6.07, 6.45) is 0.366. The average Bonchev–Trinajstić information content (AvgIpc) is 2.78. The molecule has 0 bridgehead atoms. The summed E-state index contributed by atoms with van der Waals surface area (Å²) in [6, 6.07) is 15.9. The minimum atomic E-state index is -5.03. The first kappa shape index (κ1) is 18.3. The van der Waals surface area contributed by atoms with Crippen molar-refractivity contribution in [3.05, 3.63) is 65.7 Å². The van der Waals surface area contributed by atoms with Crippen molar-refractivity contribution in [3.8, 4) is 5.75 Å². The zero-order valence-corrected chi connectivity index (χ0v) is 14.8. The molecule has 1 N–H and O–H groups in total. The predicted octanol–water partition coefficient (Wildman–Crippen LogP) is 2.34. The van der Waals surface area contributed by atoms with Crippen LogP contribution in [0.3, 0.4) is 0 Å². The van der Waals surface area contributed by atoms with Crippen LogP contribution >= 0.6 is 0 Å². The Bertz CT molecular complexity index is 857. The summed E-state index contributed by atoms with van der Waals surface area (Å²) < 4.78 is 37.9. The number of carbonyl (C=O) groups excluding carboxylic acids is 1. The van der Waals surface area contributed by atoms with Crippen LogP contribution in [0.4, 0.5) is 3.89 Å². The van der Waals surface area contributed by atoms with Gasteiger partial charge in [-0.3, -0.25) is 9.69 Å². The van der Waals surface area contributed by atoms with E-state index in [-0.39, 0.29) is 17.7 Å².